The number of carbonyl (C=O) groups excluding carboxylic acids is 1. The van der Waals surface area contributed by atoms with Crippen molar-refractivity contribution in [3.63, 3.8) is 0 Å². The van der Waals surface area contributed by atoms with Crippen molar-refractivity contribution in [2.45, 2.75) is 76.1 Å². The van der Waals surface area contributed by atoms with Crippen molar-refractivity contribution in [2.24, 2.45) is 0 Å². The molecule has 2 aromatic heterocycles. The summed E-state index contributed by atoms with van der Waals surface area (Å²) < 4.78 is 73.3. The number of aliphatic hydroxyl groups is 1. The molecule has 4 rings (SSSR count). The van der Waals surface area contributed by atoms with E-state index in [1.54, 1.807) is 6.07 Å². The highest BCUT2D eigenvalue weighted by Gasteiger charge is 2.58. The maximum Gasteiger partial charge on any atom is 0.426 e. The number of anilines is 1. The van der Waals surface area contributed by atoms with E-state index < -0.39 is 66.4 Å². The number of pyridine rings is 1. The number of hydrogen-bond acceptors (Lipinski definition) is 8. The number of nitriles is 1. The molecule has 0 radical (unpaired) electrons. The van der Waals surface area contributed by atoms with Crippen LogP contribution in [0.25, 0.3) is 11.6 Å². The first kappa shape index (κ1) is 27.3. The summed E-state index contributed by atoms with van der Waals surface area (Å²) in [6, 6.07) is 2.00. The van der Waals surface area contributed by atoms with Crippen LogP contribution in [0.15, 0.2) is 10.5 Å². The summed E-state index contributed by atoms with van der Waals surface area (Å²) >= 11 is 0. The van der Waals surface area contributed by atoms with Crippen molar-refractivity contribution in [2.75, 3.05) is 12.3 Å². The monoisotopic (exact) mass is 516 g/mol. The summed E-state index contributed by atoms with van der Waals surface area (Å²) in [6.07, 6.45) is -6.92. The van der Waals surface area contributed by atoms with Crippen LogP contribution in [0.1, 0.15) is 74.3 Å². The smallest absolute Gasteiger partial charge is 0.416 e. The molecule has 3 heterocycles. The van der Waals surface area contributed by atoms with E-state index in [1.807, 2.05) is 13.8 Å². The van der Waals surface area contributed by atoms with Gasteiger partial charge in [0.2, 0.25) is 5.60 Å². The summed E-state index contributed by atoms with van der Waals surface area (Å²) in [4.78, 5) is 18.4. The highest BCUT2D eigenvalue weighted by Crippen LogP contribution is 2.44. The van der Waals surface area contributed by atoms with Crippen LogP contribution < -0.4 is 5.73 Å². The topological polar surface area (TPSA) is 142 Å². The van der Waals surface area contributed by atoms with Gasteiger partial charge in [0.1, 0.15) is 11.8 Å². The Kier molecular flexibility index (Phi) is 7.54. The van der Waals surface area contributed by atoms with Gasteiger partial charge in [-0.2, -0.15) is 18.4 Å². The maximum absolute atomic E-state index is 13.7. The van der Waals surface area contributed by atoms with Crippen molar-refractivity contribution in [1.29, 1.82) is 5.26 Å². The molecule has 1 aliphatic carbocycles. The summed E-state index contributed by atoms with van der Waals surface area (Å²) in [7, 11) is 0. The fourth-order valence-electron chi connectivity index (χ4n) is 4.08. The fraction of sp³-hybridized carbons (Fsp3) is 0.591. The predicted octanol–water partition coefficient (Wildman–Crippen LogP) is 4.18. The summed E-state index contributed by atoms with van der Waals surface area (Å²) in [5.41, 5.74) is 1.14. The van der Waals surface area contributed by atoms with E-state index in [0.717, 1.165) is 11.0 Å². The molecule has 2 aromatic rings. The molecule has 2 aliphatic rings. The van der Waals surface area contributed by atoms with Crippen LogP contribution in [0, 0.1) is 11.3 Å². The molecule has 14 heteroatoms. The summed E-state index contributed by atoms with van der Waals surface area (Å²) in [5.74, 6) is -5.44. The summed E-state index contributed by atoms with van der Waals surface area (Å²) in [6.45, 7) is 3.95. The fourth-order valence-corrected chi connectivity index (χ4v) is 4.08. The van der Waals surface area contributed by atoms with E-state index in [2.05, 4.69) is 15.2 Å². The SMILES string of the molecule is CC.N#Cc1cc(N)c2nc1C(=O)N(C1CC(F)(F)C1)CCCCCC(O)(C(F)(F)F)c1nnc-2o1. The lowest BCUT2D eigenvalue weighted by Gasteiger charge is -2.42. The molecular formula is C22H25F5N6O3. The number of halogens is 5. The van der Waals surface area contributed by atoms with Crippen LogP contribution in [-0.4, -0.2) is 55.8 Å². The lowest BCUT2D eigenvalue weighted by Crippen LogP contribution is -2.53. The van der Waals surface area contributed by atoms with E-state index in [0.29, 0.717) is 0 Å². The second-order valence-electron chi connectivity index (χ2n) is 8.43. The molecule has 1 atom stereocenters. The van der Waals surface area contributed by atoms with Gasteiger partial charge in [-0.15, -0.1) is 10.2 Å². The van der Waals surface area contributed by atoms with E-state index in [1.165, 1.54) is 0 Å². The Labute approximate surface area is 203 Å². The van der Waals surface area contributed by atoms with Gasteiger partial charge in [0, 0.05) is 25.4 Å². The first-order valence-electron chi connectivity index (χ1n) is 11.4. The minimum Gasteiger partial charge on any atom is -0.416 e. The molecule has 4 bridgehead atoms. The average Bonchev–Trinajstić information content (AvgIpc) is 3.29. The number of amides is 1. The number of rotatable bonds is 1. The Morgan fingerprint density at radius 3 is 2.44 bits per heavy atom. The van der Waals surface area contributed by atoms with Gasteiger partial charge in [-0.25, -0.2) is 13.8 Å². The van der Waals surface area contributed by atoms with Crippen molar-refractivity contribution in [3.8, 4) is 17.7 Å². The number of aromatic nitrogens is 3. The molecule has 3 N–H and O–H groups in total. The normalized spacial score (nSPS) is 22.5. The van der Waals surface area contributed by atoms with Crippen molar-refractivity contribution in [1.82, 2.24) is 20.1 Å². The second-order valence-corrected chi connectivity index (χ2v) is 8.43. The molecule has 1 fully saturated rings. The minimum absolute atomic E-state index is 0.0469. The van der Waals surface area contributed by atoms with Gasteiger partial charge in [-0.3, -0.25) is 4.79 Å². The van der Waals surface area contributed by atoms with Crippen LogP contribution in [0.5, 0.6) is 0 Å². The molecular weight excluding hydrogens is 491 g/mol. The Morgan fingerprint density at radius 1 is 1.19 bits per heavy atom. The number of nitrogens with two attached hydrogens (primary N) is 1. The molecule has 9 nitrogen and oxygen atoms in total. The van der Waals surface area contributed by atoms with Gasteiger partial charge in [0.05, 0.1) is 11.3 Å². The van der Waals surface area contributed by atoms with E-state index in [9.17, 15) is 37.1 Å². The number of nitrogen functional groups attached to an aromatic ring is 1. The molecule has 1 aliphatic heterocycles. The zero-order chi connectivity index (χ0) is 26.9. The number of alkyl halides is 5. The Balaban J connectivity index is 0.00000176. The van der Waals surface area contributed by atoms with Crippen LogP contribution >= 0.6 is 0 Å². The van der Waals surface area contributed by atoms with Gasteiger partial charge in [-0.05, 0) is 25.3 Å². The van der Waals surface area contributed by atoms with E-state index >= 15 is 0 Å². The van der Waals surface area contributed by atoms with Crippen molar-refractivity contribution >= 4 is 11.6 Å². The molecule has 36 heavy (non-hydrogen) atoms. The zero-order valence-electron chi connectivity index (χ0n) is 19.6. The first-order chi connectivity index (χ1) is 16.9. The lowest BCUT2D eigenvalue weighted by atomic mass is 9.86. The molecule has 0 aromatic carbocycles. The quantitative estimate of drug-likeness (QED) is 0.538. The minimum atomic E-state index is -5.14. The number of hydrogen-bond donors (Lipinski definition) is 2. The predicted molar refractivity (Wildman–Crippen MR) is 115 cm³/mol. The average molecular weight is 516 g/mol. The molecule has 0 saturated heterocycles. The van der Waals surface area contributed by atoms with Crippen molar-refractivity contribution in [3.05, 3.63) is 23.2 Å². The Bertz CT molecular complexity index is 1150. The number of carbonyl (C=O) groups is 1. The largest absolute Gasteiger partial charge is 0.426 e. The summed E-state index contributed by atoms with van der Waals surface area (Å²) in [5, 5.41) is 26.7. The number of fused-ring (bicyclic) bond motifs is 5. The molecule has 1 amide bonds. The third-order valence-electron chi connectivity index (χ3n) is 6.03. The molecule has 196 valence electrons. The van der Waals surface area contributed by atoms with Crippen LogP contribution in [0.3, 0.4) is 0 Å². The third-order valence-corrected chi connectivity index (χ3v) is 6.03. The Morgan fingerprint density at radius 2 is 1.86 bits per heavy atom. The second kappa shape index (κ2) is 9.96. The van der Waals surface area contributed by atoms with E-state index in [-0.39, 0.29) is 42.8 Å². The standard InChI is InChI=1S/C20H19F5N6O3.C2H6/c21-18(22)7-11(8-18)31-5-3-1-2-4-19(33,20(23,24)25)17-30-29-15(34-17)14-12(27)6-10(9-26)13(28-14)16(31)32;1-2/h6,11,33H,1-5,7-8,27H2;1-2H3. The maximum atomic E-state index is 13.7. The highest BCUT2D eigenvalue weighted by molar-refractivity contribution is 5.96. The highest BCUT2D eigenvalue weighted by atomic mass is 19.4. The van der Waals surface area contributed by atoms with Crippen molar-refractivity contribution < 1.29 is 36.3 Å². The lowest BCUT2D eigenvalue weighted by molar-refractivity contribution is -0.277. The Hall–Kier alpha value is -3.34. The van der Waals surface area contributed by atoms with E-state index in [4.69, 9.17) is 10.2 Å². The number of nitrogens with zero attached hydrogens (tertiary/aromatic N) is 5. The van der Waals surface area contributed by atoms with Gasteiger partial charge in [0.25, 0.3) is 23.6 Å². The van der Waals surface area contributed by atoms with Crippen LogP contribution in [-0.2, 0) is 5.60 Å². The van der Waals surface area contributed by atoms with Gasteiger partial charge < -0.3 is 20.2 Å². The zero-order valence-corrected chi connectivity index (χ0v) is 19.6. The molecule has 1 saturated carbocycles. The molecule has 1 unspecified atom stereocenters. The van der Waals surface area contributed by atoms with Crippen LogP contribution in [0.4, 0.5) is 27.6 Å². The van der Waals surface area contributed by atoms with Gasteiger partial charge >= 0.3 is 6.18 Å². The van der Waals surface area contributed by atoms with Gasteiger partial charge in [0.15, 0.2) is 5.69 Å². The van der Waals surface area contributed by atoms with Crippen LogP contribution in [0.2, 0.25) is 0 Å². The third kappa shape index (κ3) is 4.97. The molecule has 0 spiro atoms. The van der Waals surface area contributed by atoms with Gasteiger partial charge in [-0.1, -0.05) is 20.3 Å². The first-order valence-corrected chi connectivity index (χ1v) is 11.4.